The molecular weight excluding hydrogens is 475 g/mol. The number of halogens is 1. The van der Waals surface area contributed by atoms with Gasteiger partial charge in [-0.1, -0.05) is 6.92 Å². The summed E-state index contributed by atoms with van der Waals surface area (Å²) in [7, 11) is 1.84. The number of rotatable bonds is 4. The van der Waals surface area contributed by atoms with Crippen molar-refractivity contribution in [3.8, 4) is 0 Å². The maximum atomic E-state index is 12.7. The molecule has 1 atom stereocenters. The Morgan fingerprint density at radius 3 is 2.59 bits per heavy atom. The third-order valence-corrected chi connectivity index (χ3v) is 6.06. The van der Waals surface area contributed by atoms with E-state index < -0.39 is 0 Å². The molecule has 1 N–H and O–H groups in total. The first-order valence-electron chi connectivity index (χ1n) is 9.53. The predicted molar refractivity (Wildman–Crippen MR) is 121 cm³/mol. The number of carbonyl (C=O) groups excluding carboxylic acids is 1. The van der Waals surface area contributed by atoms with Crippen molar-refractivity contribution in [3.63, 3.8) is 0 Å². The Hall–Kier alpha value is -0.870. The van der Waals surface area contributed by atoms with Gasteiger partial charge in [0.05, 0.1) is 13.2 Å². The van der Waals surface area contributed by atoms with Gasteiger partial charge in [0, 0.05) is 45.7 Å². The van der Waals surface area contributed by atoms with Crippen LogP contribution in [0, 0.1) is 5.92 Å². The highest BCUT2D eigenvalue weighted by Crippen LogP contribution is 2.21. The normalized spacial score (nSPS) is 20.1. The van der Waals surface area contributed by atoms with Gasteiger partial charge in [-0.2, -0.15) is 11.3 Å². The van der Waals surface area contributed by atoms with Gasteiger partial charge >= 0.3 is 0 Å². The number of thiophene rings is 1. The van der Waals surface area contributed by atoms with Gasteiger partial charge in [-0.05, 0) is 41.1 Å². The molecule has 0 saturated carbocycles. The van der Waals surface area contributed by atoms with Gasteiger partial charge in [-0.25, -0.2) is 0 Å². The molecule has 0 bridgehead atoms. The van der Waals surface area contributed by atoms with Crippen LogP contribution in [-0.2, 0) is 9.53 Å². The van der Waals surface area contributed by atoms with Crippen molar-refractivity contribution in [2.24, 2.45) is 10.9 Å². The minimum Gasteiger partial charge on any atom is -0.378 e. The third kappa shape index (κ3) is 6.05. The number of carbonyl (C=O) groups is 1. The summed E-state index contributed by atoms with van der Waals surface area (Å²) in [6.07, 6.45) is 1.80. The summed E-state index contributed by atoms with van der Waals surface area (Å²) >= 11 is 1.74. The first kappa shape index (κ1) is 22.4. The van der Waals surface area contributed by atoms with E-state index >= 15 is 0 Å². The lowest BCUT2D eigenvalue weighted by Crippen LogP contribution is -2.50. The zero-order valence-electron chi connectivity index (χ0n) is 16.2. The number of hydrogen-bond donors (Lipinski definition) is 1. The van der Waals surface area contributed by atoms with Crippen molar-refractivity contribution in [3.05, 3.63) is 22.4 Å². The molecule has 152 valence electrons. The standard InChI is InChI=1S/C19H30N4O2S.HI/c1-15(17-5-12-26-14-17)13-21-19(20-2)23-6-3-16(4-7-23)18(24)22-8-10-25-11-9-22;/h5,12,14-16H,3-4,6-11,13H2,1-2H3,(H,20,21);1H. The van der Waals surface area contributed by atoms with Crippen LogP contribution in [0.1, 0.15) is 31.2 Å². The molecule has 8 heteroatoms. The summed E-state index contributed by atoms with van der Waals surface area (Å²) in [5, 5.41) is 7.83. The zero-order chi connectivity index (χ0) is 18.4. The van der Waals surface area contributed by atoms with Crippen LogP contribution in [-0.4, -0.2) is 74.7 Å². The first-order chi connectivity index (χ1) is 12.7. The molecule has 1 aromatic heterocycles. The maximum absolute atomic E-state index is 12.7. The van der Waals surface area contributed by atoms with E-state index in [9.17, 15) is 4.79 Å². The number of amides is 1. The van der Waals surface area contributed by atoms with Crippen molar-refractivity contribution in [2.75, 3.05) is 53.0 Å². The molecule has 0 radical (unpaired) electrons. The summed E-state index contributed by atoms with van der Waals surface area (Å²) < 4.78 is 5.35. The Bertz CT molecular complexity index is 597. The van der Waals surface area contributed by atoms with Crippen molar-refractivity contribution in [1.82, 2.24) is 15.1 Å². The molecule has 1 unspecified atom stereocenters. The van der Waals surface area contributed by atoms with Crippen molar-refractivity contribution in [2.45, 2.75) is 25.7 Å². The lowest BCUT2D eigenvalue weighted by Gasteiger charge is -2.37. The lowest BCUT2D eigenvalue weighted by molar-refractivity contribution is -0.140. The van der Waals surface area contributed by atoms with Gasteiger partial charge in [0.1, 0.15) is 0 Å². The third-order valence-electron chi connectivity index (χ3n) is 5.36. The van der Waals surface area contributed by atoms with Crippen LogP contribution in [0.5, 0.6) is 0 Å². The van der Waals surface area contributed by atoms with E-state index in [2.05, 4.69) is 39.0 Å². The molecule has 2 aliphatic rings. The molecule has 1 amide bonds. The van der Waals surface area contributed by atoms with Crippen LogP contribution in [0.3, 0.4) is 0 Å². The van der Waals surface area contributed by atoms with Gasteiger partial charge < -0.3 is 19.9 Å². The van der Waals surface area contributed by atoms with E-state index in [1.165, 1.54) is 5.56 Å². The Morgan fingerprint density at radius 2 is 2.00 bits per heavy atom. The van der Waals surface area contributed by atoms with Crippen LogP contribution in [0.25, 0.3) is 0 Å². The van der Waals surface area contributed by atoms with Crippen LogP contribution in [0.15, 0.2) is 21.8 Å². The molecule has 0 aromatic carbocycles. The number of morpholine rings is 1. The fraction of sp³-hybridized carbons (Fsp3) is 0.684. The quantitative estimate of drug-likeness (QED) is 0.388. The Morgan fingerprint density at radius 1 is 1.30 bits per heavy atom. The van der Waals surface area contributed by atoms with E-state index in [-0.39, 0.29) is 29.9 Å². The minimum absolute atomic E-state index is 0. The van der Waals surface area contributed by atoms with E-state index in [4.69, 9.17) is 4.74 Å². The number of hydrogen-bond acceptors (Lipinski definition) is 4. The van der Waals surface area contributed by atoms with Crippen molar-refractivity contribution >= 4 is 47.2 Å². The summed E-state index contributed by atoms with van der Waals surface area (Å²) in [6, 6.07) is 2.18. The second-order valence-electron chi connectivity index (χ2n) is 7.08. The molecule has 3 heterocycles. The molecule has 6 nitrogen and oxygen atoms in total. The number of likely N-dealkylation sites (tertiary alicyclic amines) is 1. The summed E-state index contributed by atoms with van der Waals surface area (Å²) in [5.74, 6) is 1.86. The van der Waals surface area contributed by atoms with E-state index in [0.29, 0.717) is 25.0 Å². The van der Waals surface area contributed by atoms with Gasteiger partial charge in [0.2, 0.25) is 5.91 Å². The fourth-order valence-corrected chi connectivity index (χ4v) is 4.41. The van der Waals surface area contributed by atoms with Crippen LogP contribution >= 0.6 is 35.3 Å². The van der Waals surface area contributed by atoms with Crippen molar-refractivity contribution in [1.29, 1.82) is 0 Å². The monoisotopic (exact) mass is 506 g/mol. The number of nitrogens with one attached hydrogen (secondary N) is 1. The SMILES string of the molecule is CN=C(NCC(C)c1ccsc1)N1CCC(C(=O)N2CCOCC2)CC1.I. The van der Waals surface area contributed by atoms with Crippen LogP contribution < -0.4 is 5.32 Å². The molecule has 3 rings (SSSR count). The van der Waals surface area contributed by atoms with E-state index in [0.717, 1.165) is 51.5 Å². The molecule has 1 aromatic rings. The number of ether oxygens (including phenoxy) is 1. The molecule has 0 spiro atoms. The summed E-state index contributed by atoms with van der Waals surface area (Å²) in [6.45, 7) is 7.69. The molecule has 27 heavy (non-hydrogen) atoms. The van der Waals surface area contributed by atoms with E-state index in [1.54, 1.807) is 11.3 Å². The second-order valence-corrected chi connectivity index (χ2v) is 7.86. The predicted octanol–water partition coefficient (Wildman–Crippen LogP) is 2.62. The van der Waals surface area contributed by atoms with Gasteiger partial charge in [-0.15, -0.1) is 24.0 Å². The lowest BCUT2D eigenvalue weighted by atomic mass is 9.95. The molecular formula is C19H31IN4O2S. The highest BCUT2D eigenvalue weighted by atomic mass is 127. The summed E-state index contributed by atoms with van der Waals surface area (Å²) in [5.41, 5.74) is 1.37. The number of aliphatic imine (C=N–C) groups is 1. The molecule has 2 fully saturated rings. The Balaban J connectivity index is 0.00000261. The molecule has 2 aliphatic heterocycles. The summed E-state index contributed by atoms with van der Waals surface area (Å²) in [4.78, 5) is 21.4. The average molecular weight is 506 g/mol. The second kappa shape index (κ2) is 11.2. The Kier molecular flexibility index (Phi) is 9.31. The van der Waals surface area contributed by atoms with Gasteiger partial charge in [0.25, 0.3) is 0 Å². The smallest absolute Gasteiger partial charge is 0.225 e. The highest BCUT2D eigenvalue weighted by Gasteiger charge is 2.30. The highest BCUT2D eigenvalue weighted by molar-refractivity contribution is 14.0. The number of piperidine rings is 1. The number of guanidine groups is 1. The largest absolute Gasteiger partial charge is 0.378 e. The zero-order valence-corrected chi connectivity index (χ0v) is 19.4. The minimum atomic E-state index is 0. The van der Waals surface area contributed by atoms with Gasteiger partial charge in [-0.3, -0.25) is 9.79 Å². The van der Waals surface area contributed by atoms with Crippen LogP contribution in [0.2, 0.25) is 0 Å². The molecule has 0 aliphatic carbocycles. The molecule has 2 saturated heterocycles. The Labute approximate surface area is 183 Å². The topological polar surface area (TPSA) is 57.2 Å². The fourth-order valence-electron chi connectivity index (χ4n) is 3.63. The van der Waals surface area contributed by atoms with Gasteiger partial charge in [0.15, 0.2) is 5.96 Å². The van der Waals surface area contributed by atoms with Crippen molar-refractivity contribution < 1.29 is 9.53 Å². The van der Waals surface area contributed by atoms with Crippen LogP contribution in [0.4, 0.5) is 0 Å². The number of nitrogens with zero attached hydrogens (tertiary/aromatic N) is 3. The average Bonchev–Trinajstić information content (AvgIpc) is 3.24. The maximum Gasteiger partial charge on any atom is 0.225 e. The first-order valence-corrected chi connectivity index (χ1v) is 10.5. The van der Waals surface area contributed by atoms with E-state index in [1.807, 2.05) is 11.9 Å².